The predicted octanol–water partition coefficient (Wildman–Crippen LogP) is 3.94. The lowest BCUT2D eigenvalue weighted by molar-refractivity contribution is 0.596. The van der Waals surface area contributed by atoms with Crippen LogP contribution >= 0.6 is 0 Å². The highest BCUT2D eigenvalue weighted by Gasteiger charge is 2.13. The van der Waals surface area contributed by atoms with Gasteiger partial charge >= 0.3 is 0 Å². The van der Waals surface area contributed by atoms with E-state index in [4.69, 9.17) is 0 Å². The molecule has 2 aromatic carbocycles. The smallest absolute Gasteiger partial charge is 0.232 e. The summed E-state index contributed by atoms with van der Waals surface area (Å²) in [5.74, 6) is 0.122. The van der Waals surface area contributed by atoms with Gasteiger partial charge in [-0.1, -0.05) is 26.7 Å². The van der Waals surface area contributed by atoms with Crippen LogP contribution in [0.4, 0.5) is 11.4 Å². The zero-order chi connectivity index (χ0) is 22.2. The molecule has 0 radical (unpaired) electrons. The van der Waals surface area contributed by atoms with Gasteiger partial charge in [0.2, 0.25) is 20.0 Å². The molecule has 0 saturated heterocycles. The summed E-state index contributed by atoms with van der Waals surface area (Å²) >= 11 is 0. The topological polar surface area (TPSA) is 109 Å². The standard InChI is InChI=1S/C20H28N2O5S3/c1-3-5-15-29(24,25)21-17-7-11-19(12-8-17)28(23)20-13-9-18(10-14-20)22-30(26,27)16-6-4-2/h7-14,21-22H,3-6,15-16H2,1-2H3. The van der Waals surface area contributed by atoms with Crippen LogP contribution in [0.25, 0.3) is 0 Å². The largest absolute Gasteiger partial charge is 0.284 e. The average Bonchev–Trinajstić information content (AvgIpc) is 2.71. The number of hydrogen-bond acceptors (Lipinski definition) is 5. The Hall–Kier alpha value is -1.91. The van der Waals surface area contributed by atoms with E-state index in [-0.39, 0.29) is 11.5 Å². The highest BCUT2D eigenvalue weighted by Crippen LogP contribution is 2.21. The monoisotopic (exact) mass is 472 g/mol. The fourth-order valence-electron chi connectivity index (χ4n) is 2.56. The van der Waals surface area contributed by atoms with Crippen molar-refractivity contribution in [3.05, 3.63) is 48.5 Å². The van der Waals surface area contributed by atoms with Crippen LogP contribution in [0.1, 0.15) is 39.5 Å². The third-order valence-corrected chi connectivity index (χ3v) is 8.36. The molecule has 7 nitrogen and oxygen atoms in total. The summed E-state index contributed by atoms with van der Waals surface area (Å²) in [6.45, 7) is 3.85. The van der Waals surface area contributed by atoms with Gasteiger partial charge in [0.15, 0.2) is 0 Å². The number of anilines is 2. The van der Waals surface area contributed by atoms with Gasteiger partial charge in [-0.2, -0.15) is 0 Å². The number of benzene rings is 2. The zero-order valence-electron chi connectivity index (χ0n) is 17.1. The van der Waals surface area contributed by atoms with Gasteiger partial charge in [-0.15, -0.1) is 0 Å². The van der Waals surface area contributed by atoms with E-state index in [1.807, 2.05) is 13.8 Å². The SMILES string of the molecule is CCCCS(=O)(=O)Nc1ccc(S(=O)c2ccc(NS(=O)(=O)CCCC)cc2)cc1. The van der Waals surface area contributed by atoms with E-state index in [1.54, 1.807) is 48.5 Å². The van der Waals surface area contributed by atoms with Gasteiger partial charge < -0.3 is 0 Å². The van der Waals surface area contributed by atoms with Crippen LogP contribution < -0.4 is 9.44 Å². The van der Waals surface area contributed by atoms with Crippen molar-refractivity contribution in [3.8, 4) is 0 Å². The second-order valence-corrected chi connectivity index (χ2v) is 12.0. The quantitative estimate of drug-likeness (QED) is 0.486. The summed E-state index contributed by atoms with van der Waals surface area (Å²) in [5.41, 5.74) is 0.840. The molecule has 0 amide bonds. The fraction of sp³-hybridized carbons (Fsp3) is 0.400. The minimum Gasteiger partial charge on any atom is -0.284 e. The van der Waals surface area contributed by atoms with E-state index in [2.05, 4.69) is 9.44 Å². The molecule has 0 spiro atoms. The highest BCUT2D eigenvalue weighted by molar-refractivity contribution is 7.93. The van der Waals surface area contributed by atoms with Crippen LogP contribution in [0.15, 0.2) is 58.3 Å². The summed E-state index contributed by atoms with van der Waals surface area (Å²) in [7, 11) is -8.25. The first-order valence-corrected chi connectivity index (χ1v) is 14.2. The van der Waals surface area contributed by atoms with E-state index < -0.39 is 30.8 Å². The Labute approximate surface area is 181 Å². The Morgan fingerprint density at radius 3 is 1.30 bits per heavy atom. The maximum absolute atomic E-state index is 12.8. The van der Waals surface area contributed by atoms with Gasteiger partial charge in [-0.25, -0.2) is 21.0 Å². The van der Waals surface area contributed by atoms with E-state index in [1.165, 1.54) is 0 Å². The maximum atomic E-state index is 12.8. The molecule has 0 aromatic heterocycles. The second-order valence-electron chi connectivity index (χ2n) is 6.87. The van der Waals surface area contributed by atoms with Crippen LogP contribution in [-0.2, 0) is 30.8 Å². The lowest BCUT2D eigenvalue weighted by atomic mass is 10.3. The van der Waals surface area contributed by atoms with Crippen LogP contribution in [0, 0.1) is 0 Å². The predicted molar refractivity (Wildman–Crippen MR) is 122 cm³/mol. The fourth-order valence-corrected chi connectivity index (χ4v) is 6.13. The van der Waals surface area contributed by atoms with Gasteiger partial charge in [0, 0.05) is 21.2 Å². The molecule has 2 N–H and O–H groups in total. The summed E-state index contributed by atoms with van der Waals surface area (Å²) in [6, 6.07) is 12.7. The molecular weight excluding hydrogens is 444 g/mol. The average molecular weight is 473 g/mol. The number of nitrogens with one attached hydrogen (secondary N) is 2. The van der Waals surface area contributed by atoms with Crippen molar-refractivity contribution in [2.75, 3.05) is 20.9 Å². The van der Waals surface area contributed by atoms with Gasteiger partial charge in [0.1, 0.15) is 0 Å². The van der Waals surface area contributed by atoms with Crippen molar-refractivity contribution >= 4 is 42.2 Å². The summed E-state index contributed by atoms with van der Waals surface area (Å²) < 4.78 is 65.7. The van der Waals surface area contributed by atoms with Gasteiger partial charge in [0.05, 0.1) is 22.3 Å². The first kappa shape index (κ1) is 24.4. The molecule has 0 atom stereocenters. The van der Waals surface area contributed by atoms with Gasteiger partial charge in [0.25, 0.3) is 0 Å². The minimum absolute atomic E-state index is 0.0612. The molecule has 0 aliphatic carbocycles. The second kappa shape index (κ2) is 10.9. The minimum atomic E-state index is -3.39. The van der Waals surface area contributed by atoms with Crippen molar-refractivity contribution in [2.24, 2.45) is 0 Å². The van der Waals surface area contributed by atoms with Crippen LogP contribution in [0.2, 0.25) is 0 Å². The van der Waals surface area contributed by atoms with Crippen molar-refractivity contribution < 1.29 is 21.0 Å². The number of hydrogen-bond donors (Lipinski definition) is 2. The number of unbranched alkanes of at least 4 members (excludes halogenated alkanes) is 2. The van der Waals surface area contributed by atoms with E-state index in [0.29, 0.717) is 34.0 Å². The molecule has 0 unspecified atom stereocenters. The summed E-state index contributed by atoms with van der Waals surface area (Å²) in [5, 5.41) is 0. The Morgan fingerprint density at radius 2 is 1.00 bits per heavy atom. The van der Waals surface area contributed by atoms with Gasteiger partial charge in [-0.05, 0) is 61.4 Å². The summed E-state index contributed by atoms with van der Waals surface area (Å²) in [4.78, 5) is 1.03. The molecule has 0 heterocycles. The molecule has 0 saturated carbocycles. The summed E-state index contributed by atoms with van der Waals surface area (Å²) in [6.07, 6.45) is 2.75. The lowest BCUT2D eigenvalue weighted by Crippen LogP contribution is -2.16. The Bertz CT molecular complexity index is 963. The number of sulfonamides is 2. The molecule has 166 valence electrons. The molecule has 0 aliphatic heterocycles. The first-order valence-electron chi connectivity index (χ1n) is 9.78. The van der Waals surface area contributed by atoms with E-state index >= 15 is 0 Å². The van der Waals surface area contributed by atoms with Crippen molar-refractivity contribution in [2.45, 2.75) is 49.3 Å². The maximum Gasteiger partial charge on any atom is 0.232 e. The van der Waals surface area contributed by atoms with Crippen molar-refractivity contribution in [1.82, 2.24) is 0 Å². The Kier molecular flexibility index (Phi) is 8.87. The Balaban J connectivity index is 2.04. The zero-order valence-corrected chi connectivity index (χ0v) is 19.6. The van der Waals surface area contributed by atoms with E-state index in [0.717, 1.165) is 12.8 Å². The molecule has 30 heavy (non-hydrogen) atoms. The van der Waals surface area contributed by atoms with Crippen molar-refractivity contribution in [1.29, 1.82) is 0 Å². The normalized spacial score (nSPS) is 12.1. The molecule has 0 bridgehead atoms. The van der Waals surface area contributed by atoms with E-state index in [9.17, 15) is 21.0 Å². The highest BCUT2D eigenvalue weighted by atomic mass is 32.2. The molecule has 10 heteroatoms. The third-order valence-electron chi connectivity index (χ3n) is 4.22. The first-order chi connectivity index (χ1) is 14.2. The number of rotatable bonds is 12. The van der Waals surface area contributed by atoms with Crippen molar-refractivity contribution in [3.63, 3.8) is 0 Å². The molecule has 2 rings (SSSR count). The Morgan fingerprint density at radius 1 is 0.667 bits per heavy atom. The molecular formula is C20H28N2O5S3. The molecule has 0 aliphatic rings. The molecule has 2 aromatic rings. The third kappa shape index (κ3) is 7.73. The van der Waals surface area contributed by atoms with Crippen LogP contribution in [0.3, 0.4) is 0 Å². The van der Waals surface area contributed by atoms with Crippen LogP contribution in [-0.4, -0.2) is 32.6 Å². The molecule has 0 fully saturated rings. The lowest BCUT2D eigenvalue weighted by Gasteiger charge is -2.10. The van der Waals surface area contributed by atoms with Gasteiger partial charge in [-0.3, -0.25) is 9.44 Å². The van der Waals surface area contributed by atoms with Crippen LogP contribution in [0.5, 0.6) is 0 Å².